The van der Waals surface area contributed by atoms with Gasteiger partial charge in [-0.1, -0.05) is 41.4 Å². The lowest BCUT2D eigenvalue weighted by molar-refractivity contribution is 0.224. The van der Waals surface area contributed by atoms with Crippen molar-refractivity contribution in [3.8, 4) is 0 Å². The first-order chi connectivity index (χ1) is 8.00. The minimum atomic E-state index is -0.740. The number of thiophene rings is 1. The number of hydrogen-bond acceptors (Lipinski definition) is 2. The first kappa shape index (κ1) is 13.4. The summed E-state index contributed by atoms with van der Waals surface area (Å²) in [5.74, 6) is 0. The molecule has 0 aliphatic heterocycles. The van der Waals surface area contributed by atoms with Gasteiger partial charge in [0.15, 0.2) is 0 Å². The number of benzene rings is 1. The van der Waals surface area contributed by atoms with Crippen molar-refractivity contribution >= 4 is 50.5 Å². The molecule has 0 fully saturated rings. The monoisotopic (exact) mass is 350 g/mol. The molecule has 0 saturated heterocycles. The molecule has 1 atom stereocenters. The summed E-state index contributed by atoms with van der Waals surface area (Å²) in [6.45, 7) is 1.91. The van der Waals surface area contributed by atoms with Gasteiger partial charge in [0.1, 0.15) is 10.4 Å². The molecule has 0 amide bonds. The Kier molecular flexibility index (Phi) is 4.16. The lowest BCUT2D eigenvalue weighted by Crippen LogP contribution is -1.98. The molecule has 17 heavy (non-hydrogen) atoms. The summed E-state index contributed by atoms with van der Waals surface area (Å²) in [5.41, 5.74) is 1.65. The fraction of sp³-hybridized carbons (Fsp3) is 0.167. The summed E-state index contributed by atoms with van der Waals surface area (Å²) in [6, 6.07) is 7.43. The number of halogens is 3. The lowest BCUT2D eigenvalue weighted by Gasteiger charge is -2.12. The number of hydrogen-bond donors (Lipinski definition) is 1. The number of rotatable bonds is 2. The Hall–Kier alpha value is -0.0600. The second kappa shape index (κ2) is 5.29. The quantitative estimate of drug-likeness (QED) is 0.787. The van der Waals surface area contributed by atoms with Gasteiger partial charge in [-0.3, -0.25) is 0 Å². The van der Waals surface area contributed by atoms with Crippen molar-refractivity contribution in [1.29, 1.82) is 0 Å². The Bertz CT molecular complexity index is 534. The maximum atomic E-state index is 10.3. The molecule has 0 bridgehead atoms. The molecule has 1 unspecified atom stereocenters. The van der Waals surface area contributed by atoms with Gasteiger partial charge in [0.2, 0.25) is 0 Å². The molecule has 1 aromatic carbocycles. The summed E-state index contributed by atoms with van der Waals surface area (Å²) in [5, 5.41) is 10.9. The molecule has 0 aliphatic rings. The molecular formula is C12H9BrCl2OS. The Morgan fingerprint density at radius 2 is 2.06 bits per heavy atom. The van der Waals surface area contributed by atoms with Crippen molar-refractivity contribution in [2.45, 2.75) is 13.0 Å². The highest BCUT2D eigenvalue weighted by atomic mass is 79.9. The molecule has 1 heterocycles. The van der Waals surface area contributed by atoms with E-state index < -0.39 is 6.10 Å². The zero-order chi connectivity index (χ0) is 12.6. The van der Waals surface area contributed by atoms with Gasteiger partial charge in [0, 0.05) is 19.9 Å². The van der Waals surface area contributed by atoms with Crippen LogP contribution in [-0.4, -0.2) is 5.11 Å². The van der Waals surface area contributed by atoms with Crippen LogP contribution in [0.1, 0.15) is 22.1 Å². The van der Waals surface area contributed by atoms with E-state index in [1.807, 2.05) is 31.2 Å². The summed E-state index contributed by atoms with van der Waals surface area (Å²) >= 11 is 16.8. The van der Waals surface area contributed by atoms with E-state index in [0.717, 1.165) is 14.9 Å². The number of aryl methyl sites for hydroxylation is 1. The Morgan fingerprint density at radius 1 is 1.35 bits per heavy atom. The van der Waals surface area contributed by atoms with Gasteiger partial charge in [0.05, 0.1) is 0 Å². The molecular weight excluding hydrogens is 343 g/mol. The molecule has 1 aromatic heterocycles. The third kappa shape index (κ3) is 2.69. The van der Waals surface area contributed by atoms with Crippen LogP contribution in [0.3, 0.4) is 0 Å². The standard InChI is InChI=1S/C12H9BrCl2OS/c1-6-3-2-4-7(10(6)14)11(16)9-5-8(13)12(15)17-9/h2-5,11,16H,1H3. The van der Waals surface area contributed by atoms with Crippen LogP contribution in [0.2, 0.25) is 9.36 Å². The van der Waals surface area contributed by atoms with Crippen LogP contribution in [0.5, 0.6) is 0 Å². The second-order valence-electron chi connectivity index (χ2n) is 3.65. The van der Waals surface area contributed by atoms with Crippen molar-refractivity contribution in [2.24, 2.45) is 0 Å². The highest BCUT2D eigenvalue weighted by Crippen LogP contribution is 2.39. The van der Waals surface area contributed by atoms with Gasteiger partial charge in [0.25, 0.3) is 0 Å². The van der Waals surface area contributed by atoms with Crippen LogP contribution < -0.4 is 0 Å². The van der Waals surface area contributed by atoms with Crippen LogP contribution in [-0.2, 0) is 0 Å². The van der Waals surface area contributed by atoms with Crippen LogP contribution in [0.25, 0.3) is 0 Å². The molecule has 90 valence electrons. The van der Waals surface area contributed by atoms with E-state index >= 15 is 0 Å². The first-order valence-electron chi connectivity index (χ1n) is 4.88. The van der Waals surface area contributed by atoms with E-state index in [2.05, 4.69) is 15.9 Å². The Morgan fingerprint density at radius 3 is 2.65 bits per heavy atom. The van der Waals surface area contributed by atoms with Crippen molar-refractivity contribution in [3.05, 3.63) is 54.1 Å². The predicted molar refractivity (Wildman–Crippen MR) is 77.3 cm³/mol. The van der Waals surface area contributed by atoms with Crippen LogP contribution in [0.4, 0.5) is 0 Å². The highest BCUT2D eigenvalue weighted by Gasteiger charge is 2.18. The molecule has 1 nitrogen and oxygen atoms in total. The van der Waals surface area contributed by atoms with E-state index in [4.69, 9.17) is 23.2 Å². The van der Waals surface area contributed by atoms with Gasteiger partial charge in [-0.2, -0.15) is 0 Å². The molecule has 0 saturated carbocycles. The minimum absolute atomic E-state index is 0.598. The third-order valence-electron chi connectivity index (χ3n) is 2.45. The minimum Gasteiger partial charge on any atom is -0.383 e. The fourth-order valence-corrected chi connectivity index (χ4v) is 3.50. The lowest BCUT2D eigenvalue weighted by atomic mass is 10.1. The summed E-state index contributed by atoms with van der Waals surface area (Å²) in [6.07, 6.45) is -0.740. The van der Waals surface area contributed by atoms with Gasteiger partial charge in [-0.15, -0.1) is 11.3 Å². The van der Waals surface area contributed by atoms with Crippen LogP contribution >= 0.6 is 50.5 Å². The van der Waals surface area contributed by atoms with Crippen molar-refractivity contribution in [2.75, 3.05) is 0 Å². The zero-order valence-corrected chi connectivity index (χ0v) is 12.8. The Balaban J connectivity index is 2.43. The predicted octanol–water partition coefficient (Wildman–Crippen LogP) is 5.21. The van der Waals surface area contributed by atoms with Crippen LogP contribution in [0, 0.1) is 6.92 Å². The van der Waals surface area contributed by atoms with E-state index in [9.17, 15) is 5.11 Å². The largest absolute Gasteiger partial charge is 0.383 e. The second-order valence-corrected chi connectivity index (χ2v) is 6.57. The van der Waals surface area contributed by atoms with E-state index in [1.54, 1.807) is 0 Å². The van der Waals surface area contributed by atoms with E-state index in [0.29, 0.717) is 14.9 Å². The molecule has 2 aromatic rings. The Labute approximate surface area is 122 Å². The topological polar surface area (TPSA) is 20.2 Å². The molecule has 0 spiro atoms. The first-order valence-corrected chi connectivity index (χ1v) is 7.25. The summed E-state index contributed by atoms with van der Waals surface area (Å²) in [7, 11) is 0. The summed E-state index contributed by atoms with van der Waals surface area (Å²) < 4.78 is 1.42. The molecule has 1 N–H and O–H groups in total. The molecule has 2 rings (SSSR count). The smallest absolute Gasteiger partial charge is 0.115 e. The fourth-order valence-electron chi connectivity index (χ4n) is 1.53. The summed E-state index contributed by atoms with van der Waals surface area (Å²) in [4.78, 5) is 0.773. The molecule has 0 radical (unpaired) electrons. The van der Waals surface area contributed by atoms with Crippen molar-refractivity contribution in [3.63, 3.8) is 0 Å². The van der Waals surface area contributed by atoms with Gasteiger partial charge in [-0.05, 0) is 34.5 Å². The van der Waals surface area contributed by atoms with E-state index in [-0.39, 0.29) is 0 Å². The normalized spacial score (nSPS) is 12.8. The number of aliphatic hydroxyl groups is 1. The number of aliphatic hydroxyl groups excluding tert-OH is 1. The zero-order valence-electron chi connectivity index (χ0n) is 8.88. The molecule has 0 aliphatic carbocycles. The van der Waals surface area contributed by atoms with Crippen molar-refractivity contribution in [1.82, 2.24) is 0 Å². The maximum Gasteiger partial charge on any atom is 0.115 e. The van der Waals surface area contributed by atoms with E-state index in [1.165, 1.54) is 11.3 Å². The highest BCUT2D eigenvalue weighted by molar-refractivity contribution is 9.10. The van der Waals surface area contributed by atoms with Gasteiger partial charge >= 0.3 is 0 Å². The average molecular weight is 352 g/mol. The average Bonchev–Trinajstić information content (AvgIpc) is 2.62. The SMILES string of the molecule is Cc1cccc(C(O)c2cc(Br)c(Cl)s2)c1Cl. The van der Waals surface area contributed by atoms with Crippen LogP contribution in [0.15, 0.2) is 28.7 Å². The molecule has 5 heteroatoms. The van der Waals surface area contributed by atoms with Gasteiger partial charge < -0.3 is 5.11 Å². The van der Waals surface area contributed by atoms with Gasteiger partial charge in [-0.25, -0.2) is 0 Å². The van der Waals surface area contributed by atoms with Crippen molar-refractivity contribution < 1.29 is 5.11 Å². The third-order valence-corrected chi connectivity index (χ3v) is 5.49. The maximum absolute atomic E-state index is 10.3.